The van der Waals surface area contributed by atoms with Gasteiger partial charge in [-0.05, 0) is 31.7 Å². The fraction of sp³-hybridized carbons (Fsp3) is 0.720. The van der Waals surface area contributed by atoms with Gasteiger partial charge in [-0.1, -0.05) is 94.5 Å². The van der Waals surface area contributed by atoms with Gasteiger partial charge in [0.15, 0.2) is 0 Å². The zero-order valence-corrected chi connectivity index (χ0v) is 18.4. The number of carbonyl (C=O) groups is 1. The Kier molecular flexibility index (Phi) is 15.4. The van der Waals surface area contributed by atoms with Gasteiger partial charge in [-0.3, -0.25) is 4.79 Å². The van der Waals surface area contributed by atoms with Gasteiger partial charge in [0.2, 0.25) is 0 Å². The van der Waals surface area contributed by atoms with Crippen LogP contribution in [0.25, 0.3) is 0 Å². The van der Waals surface area contributed by atoms with Crippen LogP contribution < -0.4 is 0 Å². The van der Waals surface area contributed by atoms with Crippen molar-refractivity contribution in [1.82, 2.24) is 0 Å². The molecule has 0 aliphatic rings. The fourth-order valence-electron chi connectivity index (χ4n) is 3.63. The number of aliphatic carboxylic acids is 1. The van der Waals surface area contributed by atoms with Gasteiger partial charge in [0.05, 0.1) is 18.8 Å². The summed E-state index contributed by atoms with van der Waals surface area (Å²) in [5, 5.41) is 18.8. The predicted molar refractivity (Wildman–Crippen MR) is 119 cm³/mol. The van der Waals surface area contributed by atoms with Gasteiger partial charge in [-0.25, -0.2) is 0 Å². The van der Waals surface area contributed by atoms with Crippen LogP contribution >= 0.6 is 0 Å². The molecule has 166 valence electrons. The van der Waals surface area contributed by atoms with Gasteiger partial charge < -0.3 is 14.9 Å². The van der Waals surface area contributed by atoms with Crippen molar-refractivity contribution in [1.29, 1.82) is 0 Å². The Bertz CT molecular complexity index is 503. The number of unbranched alkanes of at least 4 members (excludes halogenated alkanes) is 10. The molecular weight excluding hydrogens is 364 g/mol. The number of aliphatic hydroxyl groups is 1. The monoisotopic (exact) mass is 406 g/mol. The summed E-state index contributed by atoms with van der Waals surface area (Å²) in [6.07, 6.45) is 14.7. The molecule has 0 radical (unpaired) electrons. The molecule has 0 aliphatic heterocycles. The fourth-order valence-corrected chi connectivity index (χ4v) is 3.63. The normalized spacial score (nSPS) is 13.3. The lowest BCUT2D eigenvalue weighted by Gasteiger charge is -2.17. The Hall–Kier alpha value is -1.39. The van der Waals surface area contributed by atoms with Gasteiger partial charge in [-0.15, -0.1) is 0 Å². The molecule has 4 heteroatoms. The maximum atomic E-state index is 10.4. The van der Waals surface area contributed by atoms with E-state index in [1.54, 1.807) is 0 Å². The number of carboxylic acid groups (broad SMARTS) is 1. The van der Waals surface area contributed by atoms with E-state index in [0.717, 1.165) is 25.7 Å². The summed E-state index contributed by atoms with van der Waals surface area (Å²) < 4.78 is 5.84. The minimum Gasteiger partial charge on any atom is -0.481 e. The highest BCUT2D eigenvalue weighted by molar-refractivity contribution is 5.66. The quantitative estimate of drug-likeness (QED) is 0.257. The minimum atomic E-state index is -0.677. The summed E-state index contributed by atoms with van der Waals surface area (Å²) in [7, 11) is 0. The molecule has 0 saturated carbocycles. The van der Waals surface area contributed by atoms with E-state index in [-0.39, 0.29) is 12.2 Å². The SMILES string of the molecule is CC(CC(O)CCCCCCCCCCCCCC(=O)O)OCc1ccccc1. The number of carboxylic acids is 1. The molecular formula is C25H42O4. The molecule has 2 unspecified atom stereocenters. The third-order valence-electron chi connectivity index (χ3n) is 5.41. The first-order chi connectivity index (χ1) is 14.1. The van der Waals surface area contributed by atoms with Gasteiger partial charge in [0.1, 0.15) is 0 Å². The highest BCUT2D eigenvalue weighted by Gasteiger charge is 2.10. The number of aliphatic hydroxyl groups excluding tert-OH is 1. The Labute approximate surface area is 177 Å². The number of hydrogen-bond donors (Lipinski definition) is 2. The molecule has 0 bridgehead atoms. The lowest BCUT2D eigenvalue weighted by Crippen LogP contribution is -2.18. The Morgan fingerprint density at radius 1 is 0.862 bits per heavy atom. The van der Waals surface area contributed by atoms with Crippen LogP contribution in [0, 0.1) is 0 Å². The van der Waals surface area contributed by atoms with Crippen molar-refractivity contribution in [2.45, 2.75) is 116 Å². The first kappa shape index (κ1) is 25.6. The number of benzene rings is 1. The molecule has 1 rings (SSSR count). The standard InChI is InChI=1S/C25H42O4/c1-22(29-21-23-16-12-11-13-17-23)20-24(26)18-14-9-7-5-3-2-4-6-8-10-15-19-25(27)28/h11-13,16-17,22,24,26H,2-10,14-15,18-21H2,1H3,(H,27,28). The summed E-state index contributed by atoms with van der Waals surface area (Å²) in [6, 6.07) is 10.2. The molecule has 0 fully saturated rings. The van der Waals surface area contributed by atoms with Crippen molar-refractivity contribution < 1.29 is 19.7 Å². The van der Waals surface area contributed by atoms with Crippen molar-refractivity contribution in [3.05, 3.63) is 35.9 Å². The van der Waals surface area contributed by atoms with E-state index in [1.807, 2.05) is 25.1 Å². The second-order valence-electron chi connectivity index (χ2n) is 8.32. The van der Waals surface area contributed by atoms with E-state index in [1.165, 1.54) is 56.9 Å². The second-order valence-corrected chi connectivity index (χ2v) is 8.32. The van der Waals surface area contributed by atoms with Gasteiger partial charge in [-0.2, -0.15) is 0 Å². The molecule has 0 spiro atoms. The largest absolute Gasteiger partial charge is 0.481 e. The van der Waals surface area contributed by atoms with Gasteiger partial charge in [0.25, 0.3) is 0 Å². The van der Waals surface area contributed by atoms with Crippen LogP contribution in [0.4, 0.5) is 0 Å². The number of ether oxygens (including phenoxy) is 1. The summed E-state index contributed by atoms with van der Waals surface area (Å²) in [5.41, 5.74) is 1.17. The molecule has 0 aliphatic carbocycles. The first-order valence-electron chi connectivity index (χ1n) is 11.6. The Morgan fingerprint density at radius 2 is 1.38 bits per heavy atom. The van der Waals surface area contributed by atoms with Crippen LogP contribution in [0.3, 0.4) is 0 Å². The Balaban J connectivity index is 1.85. The van der Waals surface area contributed by atoms with Crippen molar-refractivity contribution in [2.75, 3.05) is 0 Å². The first-order valence-corrected chi connectivity index (χ1v) is 11.6. The zero-order valence-electron chi connectivity index (χ0n) is 18.4. The molecule has 4 nitrogen and oxygen atoms in total. The van der Waals surface area contributed by atoms with Crippen molar-refractivity contribution in [3.8, 4) is 0 Å². The third kappa shape index (κ3) is 16.1. The highest BCUT2D eigenvalue weighted by atomic mass is 16.5. The third-order valence-corrected chi connectivity index (χ3v) is 5.41. The number of hydrogen-bond acceptors (Lipinski definition) is 3. The molecule has 2 atom stereocenters. The molecule has 0 aromatic heterocycles. The van der Waals surface area contributed by atoms with Crippen LogP contribution in [0.1, 0.15) is 102 Å². The molecule has 0 heterocycles. The van der Waals surface area contributed by atoms with E-state index < -0.39 is 5.97 Å². The average molecular weight is 407 g/mol. The van der Waals surface area contributed by atoms with E-state index in [2.05, 4.69) is 12.1 Å². The maximum Gasteiger partial charge on any atom is 0.303 e. The minimum absolute atomic E-state index is 0.0781. The van der Waals surface area contributed by atoms with Crippen LogP contribution in [0.2, 0.25) is 0 Å². The van der Waals surface area contributed by atoms with E-state index in [4.69, 9.17) is 9.84 Å². The lowest BCUT2D eigenvalue weighted by molar-refractivity contribution is -0.137. The molecule has 0 saturated heterocycles. The maximum absolute atomic E-state index is 10.4. The summed E-state index contributed by atoms with van der Waals surface area (Å²) >= 11 is 0. The van der Waals surface area contributed by atoms with E-state index in [0.29, 0.717) is 19.4 Å². The van der Waals surface area contributed by atoms with Crippen molar-refractivity contribution >= 4 is 5.97 Å². The summed E-state index contributed by atoms with van der Waals surface area (Å²) in [5.74, 6) is -0.677. The van der Waals surface area contributed by atoms with E-state index in [9.17, 15) is 9.90 Å². The molecule has 1 aromatic carbocycles. The Morgan fingerprint density at radius 3 is 1.93 bits per heavy atom. The van der Waals surface area contributed by atoms with Gasteiger partial charge in [0, 0.05) is 6.42 Å². The lowest BCUT2D eigenvalue weighted by atomic mass is 10.0. The summed E-state index contributed by atoms with van der Waals surface area (Å²) in [4.78, 5) is 10.4. The van der Waals surface area contributed by atoms with Crippen LogP contribution in [-0.4, -0.2) is 28.4 Å². The van der Waals surface area contributed by atoms with Crippen LogP contribution in [-0.2, 0) is 16.1 Å². The highest BCUT2D eigenvalue weighted by Crippen LogP contribution is 2.15. The average Bonchev–Trinajstić information content (AvgIpc) is 2.70. The van der Waals surface area contributed by atoms with Crippen molar-refractivity contribution in [3.63, 3.8) is 0 Å². The molecule has 1 aromatic rings. The molecule has 29 heavy (non-hydrogen) atoms. The van der Waals surface area contributed by atoms with E-state index >= 15 is 0 Å². The predicted octanol–water partition coefficient (Wildman–Crippen LogP) is 6.50. The second kappa shape index (κ2) is 17.5. The van der Waals surface area contributed by atoms with Crippen LogP contribution in [0.5, 0.6) is 0 Å². The van der Waals surface area contributed by atoms with Crippen molar-refractivity contribution in [2.24, 2.45) is 0 Å². The molecule has 2 N–H and O–H groups in total. The van der Waals surface area contributed by atoms with Gasteiger partial charge >= 0.3 is 5.97 Å². The smallest absolute Gasteiger partial charge is 0.303 e. The topological polar surface area (TPSA) is 66.8 Å². The number of rotatable bonds is 19. The molecule has 0 amide bonds. The zero-order chi connectivity index (χ0) is 21.2. The summed E-state index contributed by atoms with van der Waals surface area (Å²) in [6.45, 7) is 2.65. The van der Waals surface area contributed by atoms with Crippen LogP contribution in [0.15, 0.2) is 30.3 Å².